The molecule has 4 nitrogen and oxygen atoms in total. The Hall–Kier alpha value is -1.20. The van der Waals surface area contributed by atoms with E-state index in [0.717, 1.165) is 4.90 Å². The maximum atomic E-state index is 11.6. The monoisotopic (exact) mass is 301 g/mol. The summed E-state index contributed by atoms with van der Waals surface area (Å²) in [7, 11) is 0. The van der Waals surface area contributed by atoms with E-state index in [2.05, 4.69) is 5.32 Å². The second kappa shape index (κ2) is 8.07. The fourth-order valence-corrected chi connectivity index (χ4v) is 2.61. The molecule has 19 heavy (non-hydrogen) atoms. The van der Waals surface area contributed by atoms with E-state index in [1.54, 1.807) is 13.0 Å². The van der Waals surface area contributed by atoms with Crippen LogP contribution >= 0.6 is 23.4 Å². The Bertz CT molecular complexity index is 453. The van der Waals surface area contributed by atoms with Gasteiger partial charge in [0, 0.05) is 17.1 Å². The minimum atomic E-state index is -1.00. The number of carbonyl (C=O) groups excluding carboxylic acids is 1. The topological polar surface area (TPSA) is 66.4 Å². The Kier molecular flexibility index (Phi) is 6.73. The predicted octanol–water partition coefficient (Wildman–Crippen LogP) is 2.80. The predicted molar refractivity (Wildman–Crippen MR) is 76.7 cm³/mol. The number of benzene rings is 1. The summed E-state index contributed by atoms with van der Waals surface area (Å²) in [4.78, 5) is 23.3. The van der Waals surface area contributed by atoms with Crippen molar-refractivity contribution < 1.29 is 14.7 Å². The van der Waals surface area contributed by atoms with Gasteiger partial charge in [-0.15, -0.1) is 11.8 Å². The normalized spacial score (nSPS) is 11.9. The van der Waals surface area contributed by atoms with Crippen LogP contribution < -0.4 is 5.32 Å². The lowest BCUT2D eigenvalue weighted by molar-refractivity contribution is -0.141. The number of carbonyl (C=O) groups is 2. The van der Waals surface area contributed by atoms with Crippen LogP contribution in [-0.4, -0.2) is 28.8 Å². The number of carboxylic acid groups (broad SMARTS) is 1. The maximum Gasteiger partial charge on any atom is 0.326 e. The molecule has 1 aromatic carbocycles. The van der Waals surface area contributed by atoms with Gasteiger partial charge >= 0.3 is 5.97 Å². The molecule has 6 heteroatoms. The minimum absolute atomic E-state index is 0.256. The van der Waals surface area contributed by atoms with E-state index < -0.39 is 12.0 Å². The second-order valence-corrected chi connectivity index (χ2v) is 5.44. The number of halogens is 1. The van der Waals surface area contributed by atoms with Crippen LogP contribution in [0.3, 0.4) is 0 Å². The molecule has 0 spiro atoms. The van der Waals surface area contributed by atoms with E-state index in [4.69, 9.17) is 16.7 Å². The van der Waals surface area contributed by atoms with Gasteiger partial charge in [0.2, 0.25) is 5.91 Å². The maximum absolute atomic E-state index is 11.6. The Morgan fingerprint density at radius 1 is 1.42 bits per heavy atom. The van der Waals surface area contributed by atoms with Gasteiger partial charge in [0.1, 0.15) is 6.04 Å². The molecule has 0 saturated carbocycles. The van der Waals surface area contributed by atoms with Crippen LogP contribution in [-0.2, 0) is 9.59 Å². The van der Waals surface area contributed by atoms with E-state index in [0.29, 0.717) is 17.2 Å². The first-order valence-electron chi connectivity index (χ1n) is 5.94. The summed E-state index contributed by atoms with van der Waals surface area (Å²) in [6.07, 6.45) is 0.637. The first-order valence-corrected chi connectivity index (χ1v) is 7.30. The first-order chi connectivity index (χ1) is 9.04. The van der Waals surface area contributed by atoms with Gasteiger partial charge in [-0.2, -0.15) is 0 Å². The first kappa shape index (κ1) is 15.9. The molecule has 0 aromatic heterocycles. The van der Waals surface area contributed by atoms with Gasteiger partial charge < -0.3 is 10.4 Å². The molecule has 1 aromatic rings. The third-order valence-electron chi connectivity index (χ3n) is 2.46. The van der Waals surface area contributed by atoms with E-state index in [1.807, 2.05) is 18.2 Å². The zero-order valence-corrected chi connectivity index (χ0v) is 12.1. The van der Waals surface area contributed by atoms with Gasteiger partial charge in [-0.3, -0.25) is 4.79 Å². The third kappa shape index (κ3) is 5.53. The van der Waals surface area contributed by atoms with Gasteiger partial charge in [0.15, 0.2) is 0 Å². The average Bonchev–Trinajstić information content (AvgIpc) is 2.38. The quantitative estimate of drug-likeness (QED) is 0.760. The van der Waals surface area contributed by atoms with Gasteiger partial charge in [-0.1, -0.05) is 30.7 Å². The molecule has 0 unspecified atom stereocenters. The highest BCUT2D eigenvalue weighted by molar-refractivity contribution is 7.99. The number of amides is 1. The molecule has 0 fully saturated rings. The number of carboxylic acids is 1. The number of thioether (sulfide) groups is 1. The lowest BCUT2D eigenvalue weighted by Gasteiger charge is -2.12. The zero-order chi connectivity index (χ0) is 14.3. The van der Waals surface area contributed by atoms with E-state index in [-0.39, 0.29) is 12.3 Å². The summed E-state index contributed by atoms with van der Waals surface area (Å²) < 4.78 is 0. The van der Waals surface area contributed by atoms with Crippen molar-refractivity contribution in [3.63, 3.8) is 0 Å². The molecular formula is C13H16ClNO3S. The number of hydrogen-bond acceptors (Lipinski definition) is 3. The zero-order valence-electron chi connectivity index (χ0n) is 10.6. The lowest BCUT2D eigenvalue weighted by Crippen LogP contribution is -2.40. The summed E-state index contributed by atoms with van der Waals surface area (Å²) in [5, 5.41) is 12.0. The standard InChI is InChI=1S/C13H16ClNO3S/c1-2-10(13(17)18)15-12(16)7-8-19-11-6-4-3-5-9(11)14/h3-6,10H,2,7-8H2,1H3,(H,15,16)(H,17,18)/t10-/m1/s1. The van der Waals surface area contributed by atoms with Crippen LogP contribution in [0.15, 0.2) is 29.2 Å². The van der Waals surface area contributed by atoms with Gasteiger partial charge in [-0.05, 0) is 18.6 Å². The summed E-state index contributed by atoms with van der Waals surface area (Å²) in [6, 6.07) is 6.60. The van der Waals surface area contributed by atoms with Crippen LogP contribution in [0.25, 0.3) is 0 Å². The Morgan fingerprint density at radius 2 is 2.11 bits per heavy atom. The van der Waals surface area contributed by atoms with Gasteiger partial charge in [0.25, 0.3) is 0 Å². The largest absolute Gasteiger partial charge is 0.480 e. The van der Waals surface area contributed by atoms with Crippen molar-refractivity contribution in [2.75, 3.05) is 5.75 Å². The summed E-state index contributed by atoms with van der Waals surface area (Å²) in [6.45, 7) is 1.72. The molecule has 2 N–H and O–H groups in total. The Balaban J connectivity index is 2.35. The highest BCUT2D eigenvalue weighted by atomic mass is 35.5. The van der Waals surface area contributed by atoms with E-state index in [1.165, 1.54) is 11.8 Å². The molecular weight excluding hydrogens is 286 g/mol. The van der Waals surface area contributed by atoms with Crippen LogP contribution in [0.4, 0.5) is 0 Å². The fourth-order valence-electron chi connectivity index (χ4n) is 1.42. The smallest absolute Gasteiger partial charge is 0.326 e. The van der Waals surface area contributed by atoms with Gasteiger partial charge in [-0.25, -0.2) is 4.79 Å². The highest BCUT2D eigenvalue weighted by Gasteiger charge is 2.17. The van der Waals surface area contributed by atoms with Gasteiger partial charge in [0.05, 0.1) is 5.02 Å². The molecule has 0 aliphatic rings. The molecule has 104 valence electrons. The van der Waals surface area contributed by atoms with Crippen LogP contribution in [0, 0.1) is 0 Å². The van der Waals surface area contributed by atoms with Crippen molar-refractivity contribution in [1.82, 2.24) is 5.32 Å². The third-order valence-corrected chi connectivity index (χ3v) is 3.98. The molecule has 0 bridgehead atoms. The van der Waals surface area contributed by atoms with Crippen molar-refractivity contribution >= 4 is 35.2 Å². The molecule has 1 rings (SSSR count). The minimum Gasteiger partial charge on any atom is -0.480 e. The summed E-state index contributed by atoms with van der Waals surface area (Å²) in [5.74, 6) is -0.700. The fraction of sp³-hybridized carbons (Fsp3) is 0.385. The van der Waals surface area contributed by atoms with Crippen molar-refractivity contribution in [3.8, 4) is 0 Å². The van der Waals surface area contributed by atoms with Crippen molar-refractivity contribution in [2.45, 2.75) is 30.7 Å². The average molecular weight is 302 g/mol. The lowest BCUT2D eigenvalue weighted by atomic mass is 10.2. The van der Waals surface area contributed by atoms with Crippen molar-refractivity contribution in [1.29, 1.82) is 0 Å². The second-order valence-electron chi connectivity index (χ2n) is 3.90. The highest BCUT2D eigenvalue weighted by Crippen LogP contribution is 2.26. The number of nitrogens with one attached hydrogen (secondary N) is 1. The van der Waals surface area contributed by atoms with E-state index in [9.17, 15) is 9.59 Å². The number of hydrogen-bond donors (Lipinski definition) is 2. The SMILES string of the molecule is CC[C@@H](NC(=O)CCSc1ccccc1Cl)C(=O)O. The molecule has 0 saturated heterocycles. The number of aliphatic carboxylic acids is 1. The molecule has 1 atom stereocenters. The Labute approximate surface area is 121 Å². The Morgan fingerprint density at radius 3 is 2.68 bits per heavy atom. The molecule has 0 radical (unpaired) electrons. The molecule has 1 amide bonds. The summed E-state index contributed by atoms with van der Waals surface area (Å²) in [5.41, 5.74) is 0. The molecule has 0 aliphatic carbocycles. The van der Waals surface area contributed by atoms with E-state index >= 15 is 0 Å². The van der Waals surface area contributed by atoms with Crippen LogP contribution in [0.5, 0.6) is 0 Å². The van der Waals surface area contributed by atoms with Crippen LogP contribution in [0.1, 0.15) is 19.8 Å². The van der Waals surface area contributed by atoms with Crippen molar-refractivity contribution in [3.05, 3.63) is 29.3 Å². The van der Waals surface area contributed by atoms with Crippen LogP contribution in [0.2, 0.25) is 5.02 Å². The summed E-state index contributed by atoms with van der Waals surface area (Å²) >= 11 is 7.47. The van der Waals surface area contributed by atoms with Crippen molar-refractivity contribution in [2.24, 2.45) is 0 Å². The number of rotatable bonds is 7. The molecule has 0 heterocycles. The molecule has 0 aliphatic heterocycles.